The van der Waals surface area contributed by atoms with Gasteiger partial charge in [0.2, 0.25) is 5.28 Å². The molecule has 14 heteroatoms. The maximum Gasteiger partial charge on any atom is 0.332 e. The Morgan fingerprint density at radius 1 is 1.03 bits per heavy atom. The fourth-order valence-electron chi connectivity index (χ4n) is 3.56. The molecule has 0 unspecified atom stereocenters. The number of benzene rings is 1. The number of hydrogen-bond donors (Lipinski definition) is 1. The second-order valence-electron chi connectivity index (χ2n) is 7.68. The molecular formula is C20H20ClF3N8O2. The third kappa shape index (κ3) is 4.74. The van der Waals surface area contributed by atoms with Gasteiger partial charge in [-0.1, -0.05) is 13.3 Å². The summed E-state index contributed by atoms with van der Waals surface area (Å²) in [6, 6.07) is 1.74. The average molecular weight is 497 g/mol. The zero-order valence-corrected chi connectivity index (χ0v) is 18.8. The second kappa shape index (κ2) is 9.79. The minimum atomic E-state index is -1.54. The van der Waals surface area contributed by atoms with E-state index < -0.39 is 28.7 Å². The van der Waals surface area contributed by atoms with Crippen LogP contribution < -0.4 is 11.2 Å². The highest BCUT2D eigenvalue weighted by Gasteiger charge is 2.17. The number of nitrogens with zero attached hydrogens (tertiary/aromatic N) is 7. The molecule has 4 rings (SSSR count). The van der Waals surface area contributed by atoms with Crippen LogP contribution in [0.4, 0.5) is 13.2 Å². The van der Waals surface area contributed by atoms with Crippen molar-refractivity contribution >= 4 is 22.8 Å². The predicted molar refractivity (Wildman–Crippen MR) is 116 cm³/mol. The fourth-order valence-corrected chi connectivity index (χ4v) is 3.73. The van der Waals surface area contributed by atoms with Gasteiger partial charge in [-0.3, -0.25) is 13.9 Å². The number of tetrazole rings is 1. The predicted octanol–water partition coefficient (Wildman–Crippen LogP) is 2.42. The molecule has 180 valence electrons. The lowest BCUT2D eigenvalue weighted by Crippen LogP contribution is -2.40. The molecule has 0 saturated carbocycles. The van der Waals surface area contributed by atoms with Gasteiger partial charge in [0.25, 0.3) is 5.56 Å². The Kier molecular flexibility index (Phi) is 6.82. The van der Waals surface area contributed by atoms with E-state index in [2.05, 4.69) is 25.4 Å². The Morgan fingerprint density at radius 2 is 1.74 bits per heavy atom. The topological polar surface area (TPSA) is 116 Å². The summed E-state index contributed by atoms with van der Waals surface area (Å²) in [4.78, 5) is 33.8. The molecule has 10 nitrogen and oxygen atoms in total. The summed E-state index contributed by atoms with van der Waals surface area (Å²) in [5.41, 5.74) is -0.482. The third-order valence-corrected chi connectivity index (χ3v) is 5.39. The van der Waals surface area contributed by atoms with E-state index in [0.717, 1.165) is 29.5 Å². The molecule has 0 saturated heterocycles. The number of aromatic nitrogens is 8. The highest BCUT2D eigenvalue weighted by atomic mass is 35.5. The Balaban J connectivity index is 1.48. The zero-order chi connectivity index (χ0) is 24.4. The molecule has 4 aromatic rings. The molecule has 3 aromatic heterocycles. The molecule has 0 aliphatic carbocycles. The van der Waals surface area contributed by atoms with E-state index in [1.807, 2.05) is 6.92 Å². The van der Waals surface area contributed by atoms with Crippen molar-refractivity contribution in [2.75, 3.05) is 0 Å². The van der Waals surface area contributed by atoms with Gasteiger partial charge in [-0.2, -0.15) is 9.78 Å². The number of hydrogen-bond acceptors (Lipinski definition) is 6. The van der Waals surface area contributed by atoms with Crippen LogP contribution in [0.3, 0.4) is 0 Å². The number of H-pyrrole nitrogens is 1. The van der Waals surface area contributed by atoms with E-state index in [9.17, 15) is 22.8 Å². The molecule has 0 aliphatic heterocycles. The first-order chi connectivity index (χ1) is 16.3. The molecule has 0 spiro atoms. The van der Waals surface area contributed by atoms with Crippen LogP contribution in [0.2, 0.25) is 5.28 Å². The maximum absolute atomic E-state index is 13.4. The Labute approximate surface area is 195 Å². The Morgan fingerprint density at radius 3 is 2.44 bits per heavy atom. The van der Waals surface area contributed by atoms with Gasteiger partial charge in [0, 0.05) is 19.5 Å². The van der Waals surface area contributed by atoms with Gasteiger partial charge in [0.1, 0.15) is 0 Å². The molecule has 3 heterocycles. The minimum absolute atomic E-state index is 0.0229. The lowest BCUT2D eigenvalue weighted by Gasteiger charge is -2.10. The van der Waals surface area contributed by atoms with Gasteiger partial charge in [-0.25, -0.2) is 18.0 Å². The summed E-state index contributed by atoms with van der Waals surface area (Å²) in [5.74, 6) is -3.96. The standard InChI is InChI=1S/C20H20ClF3N8O2/c1-2-3-5-30-17-16(25-19(21)26-17)18(33)31(20(30)34)6-4-7-32-28-14(27-29-32)10-11-8-12(22)15(24)13(23)9-11/h8-9H,2-7,10H2,1H3,(H,25,26). The van der Waals surface area contributed by atoms with Crippen molar-refractivity contribution in [2.24, 2.45) is 0 Å². The monoisotopic (exact) mass is 496 g/mol. The summed E-state index contributed by atoms with van der Waals surface area (Å²) in [6.45, 7) is 2.69. The summed E-state index contributed by atoms with van der Waals surface area (Å²) >= 11 is 5.92. The van der Waals surface area contributed by atoms with Crippen LogP contribution in [0, 0.1) is 17.5 Å². The first-order valence-electron chi connectivity index (χ1n) is 10.6. The molecule has 1 N–H and O–H groups in total. The van der Waals surface area contributed by atoms with Crippen molar-refractivity contribution in [1.29, 1.82) is 0 Å². The lowest BCUT2D eigenvalue weighted by atomic mass is 10.1. The number of aryl methyl sites for hydroxylation is 2. The van der Waals surface area contributed by atoms with E-state index in [4.69, 9.17) is 11.6 Å². The number of aromatic amines is 1. The van der Waals surface area contributed by atoms with Crippen molar-refractivity contribution in [3.05, 3.63) is 67.1 Å². The Hall–Kier alpha value is -3.48. The van der Waals surface area contributed by atoms with Crippen molar-refractivity contribution < 1.29 is 13.2 Å². The third-order valence-electron chi connectivity index (χ3n) is 5.21. The smallest absolute Gasteiger partial charge is 0.323 e. The van der Waals surface area contributed by atoms with Crippen molar-refractivity contribution in [3.8, 4) is 0 Å². The number of halogens is 4. The highest BCUT2D eigenvalue weighted by molar-refractivity contribution is 6.28. The van der Waals surface area contributed by atoms with E-state index in [1.54, 1.807) is 0 Å². The molecule has 34 heavy (non-hydrogen) atoms. The van der Waals surface area contributed by atoms with Crippen LogP contribution >= 0.6 is 11.6 Å². The fraction of sp³-hybridized carbons (Fsp3) is 0.400. The summed E-state index contributed by atoms with van der Waals surface area (Å²) < 4.78 is 42.4. The molecule has 0 radical (unpaired) electrons. The quantitative estimate of drug-likeness (QED) is 0.281. The number of fused-ring (bicyclic) bond motifs is 1. The molecule has 1 aromatic carbocycles. The first-order valence-corrected chi connectivity index (χ1v) is 10.9. The van der Waals surface area contributed by atoms with Crippen LogP contribution in [0.5, 0.6) is 0 Å². The van der Waals surface area contributed by atoms with Gasteiger partial charge >= 0.3 is 5.69 Å². The van der Waals surface area contributed by atoms with E-state index in [-0.39, 0.29) is 47.3 Å². The van der Waals surface area contributed by atoms with E-state index >= 15 is 0 Å². The number of imidazole rings is 1. The van der Waals surface area contributed by atoms with Crippen molar-refractivity contribution in [2.45, 2.75) is 52.2 Å². The largest absolute Gasteiger partial charge is 0.332 e. The molecule has 0 aliphatic rings. The van der Waals surface area contributed by atoms with Crippen molar-refractivity contribution in [3.63, 3.8) is 0 Å². The van der Waals surface area contributed by atoms with Crippen molar-refractivity contribution in [1.82, 2.24) is 39.3 Å². The highest BCUT2D eigenvalue weighted by Crippen LogP contribution is 2.15. The number of unbranched alkanes of at least 4 members (excludes halogenated alkanes) is 1. The van der Waals surface area contributed by atoms with Crippen LogP contribution in [-0.4, -0.2) is 39.3 Å². The normalized spacial score (nSPS) is 11.6. The molecule has 0 atom stereocenters. The summed E-state index contributed by atoms with van der Waals surface area (Å²) in [5, 5.41) is 11.8. The lowest BCUT2D eigenvalue weighted by molar-refractivity contribution is 0.445. The van der Waals surface area contributed by atoms with Gasteiger partial charge in [-0.15, -0.1) is 10.2 Å². The first kappa shape index (κ1) is 23.7. The average Bonchev–Trinajstić information content (AvgIpc) is 3.40. The van der Waals surface area contributed by atoms with Gasteiger partial charge < -0.3 is 4.98 Å². The van der Waals surface area contributed by atoms with Crippen LogP contribution in [-0.2, 0) is 26.1 Å². The molecule has 0 bridgehead atoms. The van der Waals surface area contributed by atoms with Gasteiger partial charge in [0.15, 0.2) is 34.4 Å². The SMILES string of the molecule is CCCCn1c(=O)n(CCCn2nnc(Cc3cc(F)c(F)c(F)c3)n2)c(=O)c2[nH]c(Cl)nc21. The van der Waals surface area contributed by atoms with Gasteiger partial charge in [0.05, 0.1) is 6.54 Å². The number of nitrogens with one attached hydrogen (secondary N) is 1. The van der Waals surface area contributed by atoms with Crippen LogP contribution in [0.1, 0.15) is 37.6 Å². The maximum atomic E-state index is 13.4. The van der Waals surface area contributed by atoms with Crippen LogP contribution in [0.25, 0.3) is 11.2 Å². The van der Waals surface area contributed by atoms with E-state index in [1.165, 1.54) is 9.36 Å². The molecule has 0 amide bonds. The minimum Gasteiger partial charge on any atom is -0.323 e. The van der Waals surface area contributed by atoms with Gasteiger partial charge in [-0.05, 0) is 47.4 Å². The summed E-state index contributed by atoms with van der Waals surface area (Å²) in [6.07, 6.45) is 1.85. The molecule has 0 fully saturated rings. The summed E-state index contributed by atoms with van der Waals surface area (Å²) in [7, 11) is 0. The van der Waals surface area contributed by atoms with E-state index in [0.29, 0.717) is 13.0 Å². The molecular weight excluding hydrogens is 477 g/mol. The van der Waals surface area contributed by atoms with Crippen LogP contribution in [0.15, 0.2) is 21.7 Å². The zero-order valence-electron chi connectivity index (χ0n) is 18.1. The Bertz CT molecular complexity index is 1440. The second-order valence-corrected chi connectivity index (χ2v) is 8.03. The number of rotatable bonds is 9.